The lowest BCUT2D eigenvalue weighted by Gasteiger charge is -2.28. The molecule has 2 atom stereocenters. The summed E-state index contributed by atoms with van der Waals surface area (Å²) in [7, 11) is 0. The van der Waals surface area contributed by atoms with E-state index in [1.165, 1.54) is 0 Å². The highest BCUT2D eigenvalue weighted by molar-refractivity contribution is 5.90. The summed E-state index contributed by atoms with van der Waals surface area (Å²) in [5, 5.41) is 2.99. The predicted octanol–water partition coefficient (Wildman–Crippen LogP) is 3.75. The Hall–Kier alpha value is -4.73. The van der Waals surface area contributed by atoms with Crippen molar-refractivity contribution in [2.75, 3.05) is 6.54 Å². The number of carbonyl (C=O) groups is 2. The number of nitrogens with one attached hydrogen (secondary N) is 2. The minimum atomic E-state index is -0.712. The maximum Gasteiger partial charge on any atom is 0.250 e. The Morgan fingerprint density at radius 2 is 1.62 bits per heavy atom. The van der Waals surface area contributed by atoms with Gasteiger partial charge in [-0.1, -0.05) is 54.5 Å². The second-order valence-electron chi connectivity index (χ2n) is 9.11. The first-order valence-corrected chi connectivity index (χ1v) is 12.5. The molecule has 1 aliphatic carbocycles. The van der Waals surface area contributed by atoms with E-state index in [0.29, 0.717) is 18.1 Å². The second kappa shape index (κ2) is 11.3. The molecule has 2 fully saturated rings. The topological polar surface area (TPSA) is 78.1 Å². The van der Waals surface area contributed by atoms with E-state index < -0.39 is 6.04 Å². The smallest absolute Gasteiger partial charge is 0.250 e. The fourth-order valence-corrected chi connectivity index (χ4v) is 4.37. The lowest BCUT2D eigenvalue weighted by atomic mass is 10.0. The molecule has 2 heterocycles. The highest BCUT2D eigenvalue weighted by Crippen LogP contribution is 2.34. The molecule has 0 unspecified atom stereocenters. The molecule has 1 aliphatic heterocycles. The van der Waals surface area contributed by atoms with Crippen LogP contribution in [0.1, 0.15) is 60.4 Å². The van der Waals surface area contributed by atoms with Gasteiger partial charge in [0.05, 0.1) is 12.2 Å². The number of aromatic amines is 1. The molecule has 2 amide bonds. The first-order valence-electron chi connectivity index (χ1n) is 12.5. The molecule has 6 nitrogen and oxygen atoms in total. The van der Waals surface area contributed by atoms with E-state index in [1.807, 2.05) is 65.6 Å². The van der Waals surface area contributed by atoms with Gasteiger partial charge in [0.15, 0.2) is 0 Å². The molecule has 1 saturated heterocycles. The highest BCUT2D eigenvalue weighted by atomic mass is 16.2. The number of nitrogens with zero attached hydrogens (tertiary/aromatic N) is 2. The average molecular weight is 487 g/mol. The average Bonchev–Trinajstić information content (AvgIpc) is 3.49. The van der Waals surface area contributed by atoms with Crippen LogP contribution in [-0.4, -0.2) is 33.2 Å². The SMILES string of the molecule is O=C(N[C@H](C(=O)N1CCC[C@@H]1c1ncc(C#CC#CC#Cc2ccccc2)[nH]1)c1ccccc1)C1CC1. The Bertz CT molecular complexity index is 1450. The van der Waals surface area contributed by atoms with E-state index in [-0.39, 0.29) is 23.8 Å². The normalized spacial score (nSPS) is 16.8. The van der Waals surface area contributed by atoms with Gasteiger partial charge in [0.25, 0.3) is 0 Å². The summed E-state index contributed by atoms with van der Waals surface area (Å²) in [6.07, 6.45) is 5.08. The predicted molar refractivity (Wildman–Crippen MR) is 140 cm³/mol. The summed E-state index contributed by atoms with van der Waals surface area (Å²) in [6, 6.07) is 18.2. The van der Waals surface area contributed by atoms with Gasteiger partial charge >= 0.3 is 0 Å². The van der Waals surface area contributed by atoms with Gasteiger partial charge in [0, 0.05) is 18.0 Å². The van der Waals surface area contributed by atoms with Crippen molar-refractivity contribution in [1.29, 1.82) is 0 Å². The second-order valence-corrected chi connectivity index (χ2v) is 9.11. The van der Waals surface area contributed by atoms with Crippen molar-refractivity contribution in [3.05, 3.63) is 89.5 Å². The summed E-state index contributed by atoms with van der Waals surface area (Å²) in [5.74, 6) is 17.5. The van der Waals surface area contributed by atoms with E-state index in [9.17, 15) is 9.59 Å². The molecule has 3 aromatic rings. The Morgan fingerprint density at radius 3 is 2.35 bits per heavy atom. The fourth-order valence-electron chi connectivity index (χ4n) is 4.37. The van der Waals surface area contributed by atoms with Crippen molar-refractivity contribution in [3.63, 3.8) is 0 Å². The summed E-state index contributed by atoms with van der Waals surface area (Å²) < 4.78 is 0. The summed E-state index contributed by atoms with van der Waals surface area (Å²) in [6.45, 7) is 0.611. The number of aromatic nitrogens is 2. The van der Waals surface area contributed by atoms with Crippen LogP contribution in [0.15, 0.2) is 66.9 Å². The third-order valence-corrected chi connectivity index (χ3v) is 6.43. The number of hydrogen-bond donors (Lipinski definition) is 2. The van der Waals surface area contributed by atoms with Crippen LogP contribution in [0.5, 0.6) is 0 Å². The van der Waals surface area contributed by atoms with Crippen molar-refractivity contribution < 1.29 is 9.59 Å². The molecule has 5 rings (SSSR count). The maximum absolute atomic E-state index is 13.7. The van der Waals surface area contributed by atoms with Gasteiger partial charge in [-0.25, -0.2) is 4.98 Å². The molecule has 2 N–H and O–H groups in total. The zero-order chi connectivity index (χ0) is 25.5. The lowest BCUT2D eigenvalue weighted by Crippen LogP contribution is -2.43. The number of carbonyl (C=O) groups excluding carboxylic acids is 2. The number of likely N-dealkylation sites (tertiary alicyclic amines) is 1. The van der Waals surface area contributed by atoms with E-state index in [2.05, 4.69) is 50.8 Å². The molecule has 1 saturated carbocycles. The summed E-state index contributed by atoms with van der Waals surface area (Å²) in [5.41, 5.74) is 2.31. The number of H-pyrrole nitrogens is 1. The minimum Gasteiger partial charge on any atom is -0.340 e. The third-order valence-electron chi connectivity index (χ3n) is 6.43. The van der Waals surface area contributed by atoms with Crippen molar-refractivity contribution in [2.24, 2.45) is 5.92 Å². The van der Waals surface area contributed by atoms with E-state index in [0.717, 1.165) is 36.8 Å². The quantitative estimate of drug-likeness (QED) is 0.540. The Labute approximate surface area is 216 Å². The van der Waals surface area contributed by atoms with Gasteiger partial charge in [0.2, 0.25) is 11.8 Å². The first kappa shape index (κ1) is 24.0. The van der Waals surface area contributed by atoms with Gasteiger partial charge in [-0.15, -0.1) is 0 Å². The van der Waals surface area contributed by atoms with Crippen LogP contribution in [-0.2, 0) is 9.59 Å². The number of hydrogen-bond acceptors (Lipinski definition) is 3. The molecule has 182 valence electrons. The Kier molecular flexibility index (Phi) is 7.35. The number of benzene rings is 2. The van der Waals surface area contributed by atoms with Gasteiger partial charge in [-0.2, -0.15) is 0 Å². The molecule has 2 aromatic carbocycles. The maximum atomic E-state index is 13.7. The standard InChI is InChI=1S/C31H26N4O2/c36-30(25-19-20-25)34-28(24-15-8-4-9-16-24)31(37)35-21-11-18-27(35)29-32-22-26(33-29)17-10-2-1-5-12-23-13-6-3-7-14-23/h3-4,6-9,13-16,22,25,27-28H,11,18-21H2,(H,32,33)(H,34,36)/t27-,28+/m1/s1. The highest BCUT2D eigenvalue weighted by Gasteiger charge is 2.38. The number of imidazole rings is 1. The molecule has 0 bridgehead atoms. The van der Waals surface area contributed by atoms with Crippen molar-refractivity contribution in [1.82, 2.24) is 20.2 Å². The summed E-state index contributed by atoms with van der Waals surface area (Å²) >= 11 is 0. The largest absolute Gasteiger partial charge is 0.340 e. The van der Waals surface area contributed by atoms with Crippen LogP contribution < -0.4 is 5.32 Å². The first-order chi connectivity index (χ1) is 18.2. The molecular formula is C31H26N4O2. The Balaban J connectivity index is 1.28. The zero-order valence-corrected chi connectivity index (χ0v) is 20.3. The zero-order valence-electron chi connectivity index (χ0n) is 20.3. The van der Waals surface area contributed by atoms with Crippen LogP contribution in [0.25, 0.3) is 0 Å². The molecule has 37 heavy (non-hydrogen) atoms. The molecular weight excluding hydrogens is 460 g/mol. The minimum absolute atomic E-state index is 0.0204. The fraction of sp³-hybridized carbons (Fsp3) is 0.258. The van der Waals surface area contributed by atoms with Crippen molar-refractivity contribution in [2.45, 2.75) is 37.8 Å². The number of amides is 2. The number of rotatable bonds is 5. The van der Waals surface area contributed by atoms with Crippen LogP contribution in [0, 0.1) is 41.4 Å². The van der Waals surface area contributed by atoms with Crippen LogP contribution in [0.3, 0.4) is 0 Å². The molecule has 1 aromatic heterocycles. The molecule has 2 aliphatic rings. The van der Waals surface area contributed by atoms with E-state index >= 15 is 0 Å². The van der Waals surface area contributed by atoms with Gasteiger partial charge in [0.1, 0.15) is 17.6 Å². The Morgan fingerprint density at radius 1 is 0.919 bits per heavy atom. The molecule has 6 heteroatoms. The van der Waals surface area contributed by atoms with Gasteiger partial charge in [-0.05, 0) is 73.0 Å². The van der Waals surface area contributed by atoms with Crippen molar-refractivity contribution in [3.8, 4) is 35.5 Å². The monoisotopic (exact) mass is 486 g/mol. The van der Waals surface area contributed by atoms with Crippen molar-refractivity contribution >= 4 is 11.8 Å². The molecule has 0 radical (unpaired) electrons. The van der Waals surface area contributed by atoms with Gasteiger partial charge in [-0.3, -0.25) is 9.59 Å². The van der Waals surface area contributed by atoms with Crippen LogP contribution in [0.2, 0.25) is 0 Å². The summed E-state index contributed by atoms with van der Waals surface area (Å²) in [4.78, 5) is 35.8. The van der Waals surface area contributed by atoms with Crippen LogP contribution >= 0.6 is 0 Å². The van der Waals surface area contributed by atoms with Crippen LogP contribution in [0.4, 0.5) is 0 Å². The van der Waals surface area contributed by atoms with Gasteiger partial charge < -0.3 is 15.2 Å². The third kappa shape index (κ3) is 6.10. The van der Waals surface area contributed by atoms with E-state index in [1.54, 1.807) is 6.20 Å². The lowest BCUT2D eigenvalue weighted by molar-refractivity contribution is -0.137. The van der Waals surface area contributed by atoms with E-state index in [4.69, 9.17) is 0 Å². The molecule has 0 spiro atoms.